The lowest BCUT2D eigenvalue weighted by Crippen LogP contribution is -2.36. The van der Waals surface area contributed by atoms with Crippen LogP contribution in [0.3, 0.4) is 0 Å². The molecule has 0 atom stereocenters. The Balaban J connectivity index is 1.63. The van der Waals surface area contributed by atoms with Crippen LogP contribution in [-0.2, 0) is 11.3 Å². The number of para-hydroxylation sites is 1. The number of aromatic nitrogens is 2. The van der Waals surface area contributed by atoms with Crippen molar-refractivity contribution >= 4 is 28.2 Å². The molecule has 24 heavy (non-hydrogen) atoms. The highest BCUT2D eigenvalue weighted by atomic mass is 32.1. The molecule has 0 radical (unpaired) electrons. The zero-order valence-corrected chi connectivity index (χ0v) is 14.1. The number of rotatable bonds is 4. The van der Waals surface area contributed by atoms with Crippen LogP contribution in [0.25, 0.3) is 16.0 Å². The first-order valence-electron chi connectivity index (χ1n) is 8.17. The molecule has 1 N–H and O–H groups in total. The van der Waals surface area contributed by atoms with Gasteiger partial charge < -0.3 is 5.11 Å². The lowest BCUT2D eigenvalue weighted by molar-refractivity contribution is -0.143. The summed E-state index contributed by atoms with van der Waals surface area (Å²) in [5, 5.41) is 13.3. The molecule has 1 aromatic carbocycles. The van der Waals surface area contributed by atoms with E-state index in [-0.39, 0.29) is 5.92 Å². The normalized spacial score (nSPS) is 16.7. The molecule has 1 fully saturated rings. The molecule has 0 bridgehead atoms. The summed E-state index contributed by atoms with van der Waals surface area (Å²) in [5.74, 6) is -0.849. The summed E-state index contributed by atoms with van der Waals surface area (Å²) in [6.07, 6.45) is 3.29. The Labute approximate surface area is 144 Å². The smallest absolute Gasteiger partial charge is 0.306 e. The molecule has 1 saturated heterocycles. The number of carboxylic acid groups (broad SMARTS) is 1. The van der Waals surface area contributed by atoms with Crippen LogP contribution in [0.2, 0.25) is 0 Å². The maximum Gasteiger partial charge on any atom is 0.306 e. The van der Waals surface area contributed by atoms with Crippen LogP contribution in [0.1, 0.15) is 18.5 Å². The van der Waals surface area contributed by atoms with E-state index < -0.39 is 5.97 Å². The van der Waals surface area contributed by atoms with Gasteiger partial charge in [-0.3, -0.25) is 14.3 Å². The van der Waals surface area contributed by atoms with Gasteiger partial charge in [0.2, 0.25) is 0 Å². The van der Waals surface area contributed by atoms with Crippen molar-refractivity contribution in [1.29, 1.82) is 0 Å². The Hall–Kier alpha value is -2.18. The predicted octanol–water partition coefficient (Wildman–Crippen LogP) is 3.38. The first-order valence-corrected chi connectivity index (χ1v) is 9.05. The average Bonchev–Trinajstić information content (AvgIpc) is 3.22. The third kappa shape index (κ3) is 2.83. The monoisotopic (exact) mass is 341 g/mol. The molecule has 1 aliphatic rings. The zero-order chi connectivity index (χ0) is 16.5. The van der Waals surface area contributed by atoms with Crippen molar-refractivity contribution in [2.75, 3.05) is 13.1 Å². The number of benzene rings is 1. The predicted molar refractivity (Wildman–Crippen MR) is 94.6 cm³/mol. The fourth-order valence-electron chi connectivity index (χ4n) is 3.45. The number of thiazole rings is 1. The van der Waals surface area contributed by atoms with Gasteiger partial charge in [0.1, 0.15) is 0 Å². The van der Waals surface area contributed by atoms with Crippen LogP contribution < -0.4 is 0 Å². The van der Waals surface area contributed by atoms with Crippen molar-refractivity contribution in [2.24, 2.45) is 5.92 Å². The van der Waals surface area contributed by atoms with Gasteiger partial charge in [-0.15, -0.1) is 11.3 Å². The van der Waals surface area contributed by atoms with Crippen LogP contribution in [0.4, 0.5) is 0 Å². The second-order valence-corrected chi connectivity index (χ2v) is 7.11. The van der Waals surface area contributed by atoms with Gasteiger partial charge in [-0.25, -0.2) is 4.98 Å². The van der Waals surface area contributed by atoms with Gasteiger partial charge in [0.05, 0.1) is 11.4 Å². The van der Waals surface area contributed by atoms with E-state index in [1.165, 1.54) is 16.6 Å². The molecular weight excluding hydrogens is 322 g/mol. The van der Waals surface area contributed by atoms with Gasteiger partial charge >= 0.3 is 5.97 Å². The number of carboxylic acids is 1. The summed E-state index contributed by atoms with van der Waals surface area (Å²) in [6.45, 7) is 2.48. The van der Waals surface area contributed by atoms with Gasteiger partial charge in [-0.2, -0.15) is 0 Å². The molecule has 3 heterocycles. The van der Waals surface area contributed by atoms with E-state index in [1.54, 1.807) is 11.3 Å². The number of nitrogens with zero attached hydrogens (tertiary/aromatic N) is 3. The van der Waals surface area contributed by atoms with E-state index in [1.807, 2.05) is 11.6 Å². The SMILES string of the molecule is O=C(O)C1CCN(Cc2cc3ccccc3n2-c2nccs2)CC1. The van der Waals surface area contributed by atoms with Crippen LogP contribution in [0, 0.1) is 5.92 Å². The maximum absolute atomic E-state index is 11.1. The maximum atomic E-state index is 11.1. The average molecular weight is 341 g/mol. The molecule has 4 rings (SSSR count). The zero-order valence-electron chi connectivity index (χ0n) is 13.3. The first-order chi connectivity index (χ1) is 11.7. The standard InChI is InChI=1S/C18H19N3O2S/c22-17(23)13-5-8-20(9-6-13)12-15-11-14-3-1-2-4-16(14)21(15)18-19-7-10-24-18/h1-4,7,10-11,13H,5-6,8-9,12H2,(H,22,23). The van der Waals surface area contributed by atoms with Crippen molar-refractivity contribution in [3.8, 4) is 5.13 Å². The Kier molecular flexibility index (Phi) is 4.08. The molecule has 2 aromatic heterocycles. The molecule has 6 heteroatoms. The largest absolute Gasteiger partial charge is 0.481 e. The lowest BCUT2D eigenvalue weighted by Gasteiger charge is -2.30. The number of fused-ring (bicyclic) bond motifs is 1. The second-order valence-electron chi connectivity index (χ2n) is 6.23. The summed E-state index contributed by atoms with van der Waals surface area (Å²) in [6, 6.07) is 10.6. The van der Waals surface area contributed by atoms with Gasteiger partial charge in [0.15, 0.2) is 5.13 Å². The van der Waals surface area contributed by atoms with Crippen molar-refractivity contribution in [3.63, 3.8) is 0 Å². The van der Waals surface area contributed by atoms with Gasteiger partial charge in [-0.1, -0.05) is 18.2 Å². The van der Waals surface area contributed by atoms with E-state index >= 15 is 0 Å². The van der Waals surface area contributed by atoms with E-state index in [0.717, 1.165) is 37.6 Å². The molecule has 5 nitrogen and oxygen atoms in total. The van der Waals surface area contributed by atoms with Crippen molar-refractivity contribution < 1.29 is 9.90 Å². The van der Waals surface area contributed by atoms with Crippen molar-refractivity contribution in [1.82, 2.24) is 14.5 Å². The van der Waals surface area contributed by atoms with Crippen LogP contribution in [0.15, 0.2) is 41.9 Å². The highest BCUT2D eigenvalue weighted by molar-refractivity contribution is 7.12. The summed E-state index contributed by atoms with van der Waals surface area (Å²) < 4.78 is 2.23. The number of aliphatic carboxylic acids is 1. The highest BCUT2D eigenvalue weighted by Crippen LogP contribution is 2.27. The van der Waals surface area contributed by atoms with E-state index in [0.29, 0.717) is 0 Å². The Bertz CT molecular complexity index is 848. The number of piperidine rings is 1. The van der Waals surface area contributed by atoms with E-state index in [9.17, 15) is 4.79 Å². The quantitative estimate of drug-likeness (QED) is 0.790. The van der Waals surface area contributed by atoms with Gasteiger partial charge in [-0.05, 0) is 38.1 Å². The minimum Gasteiger partial charge on any atom is -0.481 e. The highest BCUT2D eigenvalue weighted by Gasteiger charge is 2.25. The number of carbonyl (C=O) groups is 1. The summed E-state index contributed by atoms with van der Waals surface area (Å²) in [7, 11) is 0. The molecule has 0 saturated carbocycles. The Morgan fingerprint density at radius 2 is 2.08 bits per heavy atom. The fourth-order valence-corrected chi connectivity index (χ4v) is 4.13. The lowest BCUT2D eigenvalue weighted by atomic mass is 9.97. The number of hydrogen-bond donors (Lipinski definition) is 1. The topological polar surface area (TPSA) is 58.4 Å². The molecule has 3 aromatic rings. The van der Waals surface area contributed by atoms with Crippen molar-refractivity contribution in [3.05, 3.63) is 47.6 Å². The van der Waals surface area contributed by atoms with Crippen LogP contribution >= 0.6 is 11.3 Å². The van der Waals surface area contributed by atoms with Gasteiger partial charge in [0, 0.05) is 29.2 Å². The number of likely N-dealkylation sites (tertiary alicyclic amines) is 1. The molecular formula is C18H19N3O2S. The van der Waals surface area contributed by atoms with E-state index in [4.69, 9.17) is 5.11 Å². The molecule has 124 valence electrons. The van der Waals surface area contributed by atoms with E-state index in [2.05, 4.69) is 44.8 Å². The molecule has 0 amide bonds. The van der Waals surface area contributed by atoms with Crippen molar-refractivity contribution in [2.45, 2.75) is 19.4 Å². The minimum atomic E-state index is -0.661. The third-order valence-electron chi connectivity index (χ3n) is 4.72. The third-order valence-corrected chi connectivity index (χ3v) is 5.48. The molecule has 0 aliphatic carbocycles. The number of hydrogen-bond acceptors (Lipinski definition) is 4. The summed E-state index contributed by atoms with van der Waals surface area (Å²) in [4.78, 5) is 17.9. The minimum absolute atomic E-state index is 0.189. The summed E-state index contributed by atoms with van der Waals surface area (Å²) in [5.41, 5.74) is 2.38. The first kappa shape index (κ1) is 15.4. The summed E-state index contributed by atoms with van der Waals surface area (Å²) >= 11 is 1.63. The molecule has 0 spiro atoms. The van der Waals surface area contributed by atoms with Gasteiger partial charge in [0.25, 0.3) is 0 Å². The molecule has 0 unspecified atom stereocenters. The fraction of sp³-hybridized carbons (Fsp3) is 0.333. The molecule has 1 aliphatic heterocycles. The van der Waals surface area contributed by atoms with Crippen LogP contribution in [-0.4, -0.2) is 38.6 Å². The Morgan fingerprint density at radius 1 is 1.29 bits per heavy atom. The van der Waals surface area contributed by atoms with Crippen LogP contribution in [0.5, 0.6) is 0 Å². The second kappa shape index (κ2) is 6.37. The Morgan fingerprint density at radius 3 is 2.79 bits per heavy atom.